The number of aliphatic hydroxyl groups excluding tert-OH is 1. The van der Waals surface area contributed by atoms with Crippen molar-refractivity contribution in [2.45, 2.75) is 32.7 Å². The lowest BCUT2D eigenvalue weighted by Crippen LogP contribution is -2.52. The van der Waals surface area contributed by atoms with E-state index in [2.05, 4.69) is 23.6 Å². The highest BCUT2D eigenvalue weighted by Crippen LogP contribution is 2.09. The predicted octanol–water partition coefficient (Wildman–Crippen LogP) is 0.785. The van der Waals surface area contributed by atoms with Gasteiger partial charge in [0.2, 0.25) is 0 Å². The van der Waals surface area contributed by atoms with Crippen LogP contribution in [0.3, 0.4) is 0 Å². The summed E-state index contributed by atoms with van der Waals surface area (Å²) in [6.07, 6.45) is 2.17. The van der Waals surface area contributed by atoms with E-state index in [9.17, 15) is 0 Å². The second-order valence-corrected chi connectivity index (χ2v) is 4.26. The normalized spacial score (nSPS) is 25.5. The molecule has 0 saturated carbocycles. The highest BCUT2D eigenvalue weighted by Gasteiger charge is 2.21. The van der Waals surface area contributed by atoms with Crippen molar-refractivity contribution in [3.63, 3.8) is 0 Å². The Bertz CT molecular complexity index is 152. The predicted molar refractivity (Wildman–Crippen MR) is 59.5 cm³/mol. The lowest BCUT2D eigenvalue weighted by atomic mass is 10.2. The topological polar surface area (TPSA) is 26.7 Å². The van der Waals surface area contributed by atoms with E-state index in [-0.39, 0.29) is 0 Å². The van der Waals surface area contributed by atoms with Crippen molar-refractivity contribution in [2.24, 2.45) is 0 Å². The van der Waals surface area contributed by atoms with Crippen LogP contribution < -0.4 is 0 Å². The third kappa shape index (κ3) is 3.56. The van der Waals surface area contributed by atoms with Gasteiger partial charge in [-0.25, -0.2) is 0 Å². The van der Waals surface area contributed by atoms with Gasteiger partial charge in [-0.3, -0.25) is 4.90 Å². The number of aliphatic hydroxyl groups is 1. The summed E-state index contributed by atoms with van der Waals surface area (Å²) in [5.74, 6) is 0. The number of nitrogens with zero attached hydrogens (tertiary/aromatic N) is 2. The first-order chi connectivity index (χ1) is 6.77. The molecule has 14 heavy (non-hydrogen) atoms. The van der Waals surface area contributed by atoms with Crippen molar-refractivity contribution in [3.8, 4) is 0 Å². The van der Waals surface area contributed by atoms with E-state index in [1.807, 2.05) is 0 Å². The molecule has 3 nitrogen and oxygen atoms in total. The molecule has 1 fully saturated rings. The van der Waals surface area contributed by atoms with Gasteiger partial charge in [0.05, 0.1) is 0 Å². The van der Waals surface area contributed by atoms with Gasteiger partial charge in [0.1, 0.15) is 0 Å². The van der Waals surface area contributed by atoms with E-state index in [1.54, 1.807) is 0 Å². The Morgan fingerprint density at radius 2 is 2.07 bits per heavy atom. The zero-order chi connectivity index (χ0) is 10.4. The van der Waals surface area contributed by atoms with Gasteiger partial charge in [-0.2, -0.15) is 0 Å². The quantitative estimate of drug-likeness (QED) is 0.710. The molecule has 0 spiro atoms. The summed E-state index contributed by atoms with van der Waals surface area (Å²) >= 11 is 0. The molecule has 3 heteroatoms. The molecule has 0 aromatic heterocycles. The van der Waals surface area contributed by atoms with Crippen LogP contribution in [0.2, 0.25) is 0 Å². The van der Waals surface area contributed by atoms with Crippen molar-refractivity contribution in [1.82, 2.24) is 9.80 Å². The summed E-state index contributed by atoms with van der Waals surface area (Å²) in [5, 5.41) is 8.76. The third-order valence-corrected chi connectivity index (χ3v) is 2.99. The minimum absolute atomic E-state index is 0.323. The Kier molecular flexibility index (Phi) is 5.45. The first-order valence-electron chi connectivity index (χ1n) is 5.85. The third-order valence-electron chi connectivity index (χ3n) is 2.99. The molecule has 0 aromatic rings. The van der Waals surface area contributed by atoms with Crippen molar-refractivity contribution in [1.29, 1.82) is 0 Å². The van der Waals surface area contributed by atoms with E-state index in [0.29, 0.717) is 12.6 Å². The van der Waals surface area contributed by atoms with Gasteiger partial charge >= 0.3 is 0 Å². The van der Waals surface area contributed by atoms with Gasteiger partial charge in [-0.15, -0.1) is 0 Å². The fraction of sp³-hybridized carbons (Fsp3) is 1.00. The molecule has 1 unspecified atom stereocenters. The van der Waals surface area contributed by atoms with Crippen LogP contribution in [0.15, 0.2) is 0 Å². The summed E-state index contributed by atoms with van der Waals surface area (Å²) in [6.45, 7) is 10.7. The number of piperazine rings is 1. The number of hydrogen-bond acceptors (Lipinski definition) is 3. The van der Waals surface area contributed by atoms with E-state index >= 15 is 0 Å². The Labute approximate surface area is 87.7 Å². The lowest BCUT2D eigenvalue weighted by molar-refractivity contribution is 0.0792. The summed E-state index contributed by atoms with van der Waals surface area (Å²) < 4.78 is 0. The first-order valence-corrected chi connectivity index (χ1v) is 5.85. The van der Waals surface area contributed by atoms with Crippen LogP contribution in [0.4, 0.5) is 0 Å². The van der Waals surface area contributed by atoms with Crippen LogP contribution in [0.1, 0.15) is 26.7 Å². The van der Waals surface area contributed by atoms with E-state index < -0.39 is 0 Å². The van der Waals surface area contributed by atoms with Crippen LogP contribution in [-0.4, -0.2) is 60.3 Å². The van der Waals surface area contributed by atoms with E-state index in [1.165, 1.54) is 32.6 Å². The number of hydrogen-bond donors (Lipinski definition) is 1. The van der Waals surface area contributed by atoms with Crippen molar-refractivity contribution >= 4 is 0 Å². The Hall–Kier alpha value is -0.120. The molecule has 0 aromatic carbocycles. The van der Waals surface area contributed by atoms with Crippen LogP contribution in [0, 0.1) is 0 Å². The van der Waals surface area contributed by atoms with Crippen molar-refractivity contribution in [3.05, 3.63) is 0 Å². The molecule has 0 amide bonds. The van der Waals surface area contributed by atoms with Crippen molar-refractivity contribution in [2.75, 3.05) is 39.3 Å². The van der Waals surface area contributed by atoms with Crippen molar-refractivity contribution < 1.29 is 5.11 Å². The molecular formula is C11H24N2O. The monoisotopic (exact) mass is 200 g/mol. The zero-order valence-electron chi connectivity index (χ0n) is 9.58. The van der Waals surface area contributed by atoms with Gasteiger partial charge < -0.3 is 10.0 Å². The molecule has 0 aliphatic carbocycles. The second-order valence-electron chi connectivity index (χ2n) is 4.26. The maximum Gasteiger partial charge on any atom is 0.0443 e. The average molecular weight is 200 g/mol. The summed E-state index contributed by atoms with van der Waals surface area (Å²) in [5.41, 5.74) is 0. The molecule has 1 rings (SSSR count). The molecule has 1 aliphatic heterocycles. The lowest BCUT2D eigenvalue weighted by Gasteiger charge is -2.39. The van der Waals surface area contributed by atoms with Crippen LogP contribution in [-0.2, 0) is 0 Å². The Balaban J connectivity index is 2.24. The fourth-order valence-corrected chi connectivity index (χ4v) is 2.19. The largest absolute Gasteiger partial charge is 0.396 e. The molecular weight excluding hydrogens is 176 g/mol. The Morgan fingerprint density at radius 3 is 2.64 bits per heavy atom. The van der Waals surface area contributed by atoms with Crippen LogP contribution in [0.5, 0.6) is 0 Å². The van der Waals surface area contributed by atoms with E-state index in [0.717, 1.165) is 13.0 Å². The number of rotatable bonds is 5. The molecule has 1 N–H and O–H groups in total. The average Bonchev–Trinajstić information content (AvgIpc) is 2.19. The van der Waals surface area contributed by atoms with Gasteiger partial charge in [0, 0.05) is 38.8 Å². The summed E-state index contributed by atoms with van der Waals surface area (Å²) in [7, 11) is 0. The smallest absolute Gasteiger partial charge is 0.0443 e. The van der Waals surface area contributed by atoms with Gasteiger partial charge in [-0.05, 0) is 26.3 Å². The first kappa shape index (κ1) is 12.0. The molecule has 1 heterocycles. The van der Waals surface area contributed by atoms with Gasteiger partial charge in [-0.1, -0.05) is 6.92 Å². The molecule has 1 aliphatic rings. The minimum Gasteiger partial charge on any atom is -0.396 e. The summed E-state index contributed by atoms with van der Waals surface area (Å²) in [6, 6.07) is 0.683. The molecule has 1 atom stereocenters. The molecule has 84 valence electrons. The highest BCUT2D eigenvalue weighted by atomic mass is 16.3. The molecule has 0 bridgehead atoms. The zero-order valence-corrected chi connectivity index (χ0v) is 9.58. The SMILES string of the molecule is CCCN1CCN(CCCO)CC1C. The fourth-order valence-electron chi connectivity index (χ4n) is 2.19. The second kappa shape index (κ2) is 6.38. The highest BCUT2D eigenvalue weighted by molar-refractivity contribution is 4.78. The standard InChI is InChI=1S/C11H24N2O/c1-3-5-13-8-7-12(6-4-9-14)10-11(13)2/h11,14H,3-10H2,1-2H3. The Morgan fingerprint density at radius 1 is 1.29 bits per heavy atom. The molecule has 1 saturated heterocycles. The van der Waals surface area contributed by atoms with E-state index in [4.69, 9.17) is 5.11 Å². The molecule has 0 radical (unpaired) electrons. The van der Waals surface area contributed by atoms with Gasteiger partial charge in [0.15, 0.2) is 0 Å². The summed E-state index contributed by atoms with van der Waals surface area (Å²) in [4.78, 5) is 5.03. The maximum absolute atomic E-state index is 8.76. The van der Waals surface area contributed by atoms with Gasteiger partial charge in [0.25, 0.3) is 0 Å². The van der Waals surface area contributed by atoms with Crippen LogP contribution in [0.25, 0.3) is 0 Å². The minimum atomic E-state index is 0.323. The maximum atomic E-state index is 8.76. The van der Waals surface area contributed by atoms with Crippen LogP contribution >= 0.6 is 0 Å².